The van der Waals surface area contributed by atoms with E-state index in [-0.39, 0.29) is 12.4 Å². The van der Waals surface area contributed by atoms with Crippen LogP contribution in [-0.4, -0.2) is 11.5 Å². The molecule has 2 aromatic rings. The average Bonchev–Trinajstić information content (AvgIpc) is 2.49. The highest BCUT2D eigenvalue weighted by atomic mass is 19.1. The number of halogens is 1. The number of nitrogens with zero attached hydrogens (tertiary/aromatic N) is 1. The van der Waals surface area contributed by atoms with Crippen molar-refractivity contribution in [2.45, 2.75) is 33.4 Å². The summed E-state index contributed by atoms with van der Waals surface area (Å²) < 4.78 is 19.5. The SMILES string of the molecule is CCCNCc1ccc(F)c(COc2cccnc2C)c1. The van der Waals surface area contributed by atoms with Crippen LogP contribution in [0.3, 0.4) is 0 Å². The van der Waals surface area contributed by atoms with Crippen molar-refractivity contribution in [1.82, 2.24) is 10.3 Å². The van der Waals surface area contributed by atoms with Crippen LogP contribution in [0.25, 0.3) is 0 Å². The van der Waals surface area contributed by atoms with Gasteiger partial charge in [-0.25, -0.2) is 4.39 Å². The molecule has 0 saturated carbocycles. The number of nitrogens with one attached hydrogen (secondary N) is 1. The average molecular weight is 288 g/mol. The number of benzene rings is 1. The van der Waals surface area contributed by atoms with Crippen LogP contribution in [0.1, 0.15) is 30.2 Å². The van der Waals surface area contributed by atoms with Gasteiger partial charge in [0.05, 0.1) is 5.69 Å². The van der Waals surface area contributed by atoms with Crippen LogP contribution in [0.4, 0.5) is 4.39 Å². The van der Waals surface area contributed by atoms with Crippen LogP contribution in [0, 0.1) is 12.7 Å². The zero-order valence-corrected chi connectivity index (χ0v) is 12.5. The van der Waals surface area contributed by atoms with Crippen LogP contribution in [0.5, 0.6) is 5.75 Å². The highest BCUT2D eigenvalue weighted by molar-refractivity contribution is 5.28. The van der Waals surface area contributed by atoms with E-state index >= 15 is 0 Å². The number of ether oxygens (including phenoxy) is 1. The Labute approximate surface area is 125 Å². The van der Waals surface area contributed by atoms with Crippen LogP contribution in [0.15, 0.2) is 36.5 Å². The summed E-state index contributed by atoms with van der Waals surface area (Å²) in [4.78, 5) is 4.15. The van der Waals surface area contributed by atoms with Crippen molar-refractivity contribution in [1.29, 1.82) is 0 Å². The minimum atomic E-state index is -0.240. The van der Waals surface area contributed by atoms with Gasteiger partial charge in [-0.15, -0.1) is 0 Å². The van der Waals surface area contributed by atoms with Gasteiger partial charge in [0.1, 0.15) is 18.2 Å². The Morgan fingerprint density at radius 1 is 1.29 bits per heavy atom. The lowest BCUT2D eigenvalue weighted by molar-refractivity contribution is 0.296. The monoisotopic (exact) mass is 288 g/mol. The van der Waals surface area contributed by atoms with Crippen molar-refractivity contribution in [2.24, 2.45) is 0 Å². The largest absolute Gasteiger partial charge is 0.487 e. The Morgan fingerprint density at radius 2 is 2.14 bits per heavy atom. The fourth-order valence-electron chi connectivity index (χ4n) is 2.04. The Kier molecular flexibility index (Phi) is 5.69. The molecule has 0 aliphatic carbocycles. The smallest absolute Gasteiger partial charge is 0.141 e. The van der Waals surface area contributed by atoms with Gasteiger partial charge in [0, 0.05) is 18.3 Å². The first-order chi connectivity index (χ1) is 10.2. The second-order valence-corrected chi connectivity index (χ2v) is 4.98. The zero-order valence-electron chi connectivity index (χ0n) is 12.5. The van der Waals surface area contributed by atoms with Crippen molar-refractivity contribution < 1.29 is 9.13 Å². The van der Waals surface area contributed by atoms with Crippen molar-refractivity contribution in [3.05, 3.63) is 59.2 Å². The summed E-state index contributed by atoms with van der Waals surface area (Å²) in [6.07, 6.45) is 2.79. The Balaban J connectivity index is 2.02. The highest BCUT2D eigenvalue weighted by Crippen LogP contribution is 2.18. The molecule has 0 spiro atoms. The molecule has 1 aromatic carbocycles. The lowest BCUT2D eigenvalue weighted by atomic mass is 10.1. The molecule has 1 N–H and O–H groups in total. The molecule has 1 heterocycles. The molecule has 0 bridgehead atoms. The van der Waals surface area contributed by atoms with Crippen LogP contribution < -0.4 is 10.1 Å². The van der Waals surface area contributed by atoms with Gasteiger partial charge in [-0.05, 0) is 49.7 Å². The Bertz CT molecular complexity index is 587. The number of pyridine rings is 1. The first-order valence-electron chi connectivity index (χ1n) is 7.23. The van der Waals surface area contributed by atoms with E-state index in [4.69, 9.17) is 4.74 Å². The van der Waals surface area contributed by atoms with E-state index < -0.39 is 0 Å². The summed E-state index contributed by atoms with van der Waals surface area (Å²) in [6.45, 7) is 5.90. The van der Waals surface area contributed by atoms with Gasteiger partial charge in [-0.1, -0.05) is 13.0 Å². The highest BCUT2D eigenvalue weighted by Gasteiger charge is 2.06. The zero-order chi connectivity index (χ0) is 15.1. The number of aromatic nitrogens is 1. The second-order valence-electron chi connectivity index (χ2n) is 4.98. The van der Waals surface area contributed by atoms with Crippen LogP contribution in [-0.2, 0) is 13.2 Å². The predicted octanol–water partition coefficient (Wildman–Crippen LogP) is 3.61. The lowest BCUT2D eigenvalue weighted by Crippen LogP contribution is -2.14. The number of rotatable bonds is 7. The van der Waals surface area contributed by atoms with Crippen molar-refractivity contribution in [3.8, 4) is 5.75 Å². The molecule has 0 fully saturated rings. The van der Waals surface area contributed by atoms with Crippen molar-refractivity contribution in [2.75, 3.05) is 6.54 Å². The summed E-state index contributed by atoms with van der Waals surface area (Å²) in [5.74, 6) is 0.446. The predicted molar refractivity (Wildman–Crippen MR) is 81.7 cm³/mol. The maximum Gasteiger partial charge on any atom is 0.141 e. The van der Waals surface area contributed by atoms with Gasteiger partial charge in [-0.3, -0.25) is 4.98 Å². The molecule has 2 rings (SSSR count). The standard InChI is InChI=1S/C17H21FN2O/c1-3-8-19-11-14-6-7-16(18)15(10-14)12-21-17-5-4-9-20-13(17)2/h4-7,9-10,19H,3,8,11-12H2,1-2H3. The fourth-order valence-corrected chi connectivity index (χ4v) is 2.04. The third kappa shape index (κ3) is 4.53. The minimum absolute atomic E-state index is 0.208. The quantitative estimate of drug-likeness (QED) is 0.790. The van der Waals surface area contributed by atoms with E-state index in [1.165, 1.54) is 6.07 Å². The molecule has 0 radical (unpaired) electrons. The molecule has 0 unspecified atom stereocenters. The molecule has 4 heteroatoms. The molecule has 0 saturated heterocycles. The number of hydrogen-bond acceptors (Lipinski definition) is 3. The summed E-state index contributed by atoms with van der Waals surface area (Å²) >= 11 is 0. The van der Waals surface area contributed by atoms with Crippen LogP contribution in [0.2, 0.25) is 0 Å². The first-order valence-corrected chi connectivity index (χ1v) is 7.23. The number of aryl methyl sites for hydroxylation is 1. The van der Waals surface area contributed by atoms with E-state index in [0.717, 1.165) is 30.8 Å². The molecule has 0 aliphatic rings. The van der Waals surface area contributed by atoms with Gasteiger partial charge in [0.15, 0.2) is 0 Å². The molecule has 112 valence electrons. The third-order valence-electron chi connectivity index (χ3n) is 3.21. The van der Waals surface area contributed by atoms with Crippen LogP contribution >= 0.6 is 0 Å². The van der Waals surface area contributed by atoms with E-state index in [1.807, 2.05) is 25.1 Å². The van der Waals surface area contributed by atoms with Crippen molar-refractivity contribution >= 4 is 0 Å². The first kappa shape index (κ1) is 15.4. The van der Waals surface area contributed by atoms with Gasteiger partial charge in [0.25, 0.3) is 0 Å². The molecular weight excluding hydrogens is 267 g/mol. The molecule has 0 amide bonds. The molecule has 3 nitrogen and oxygen atoms in total. The fraction of sp³-hybridized carbons (Fsp3) is 0.353. The summed E-state index contributed by atoms with van der Waals surface area (Å²) in [6, 6.07) is 8.80. The molecular formula is C17H21FN2O. The lowest BCUT2D eigenvalue weighted by Gasteiger charge is -2.11. The maximum atomic E-state index is 13.8. The molecule has 0 aliphatic heterocycles. The van der Waals surface area contributed by atoms with E-state index in [9.17, 15) is 4.39 Å². The minimum Gasteiger partial charge on any atom is -0.487 e. The van der Waals surface area contributed by atoms with E-state index in [0.29, 0.717) is 11.3 Å². The van der Waals surface area contributed by atoms with Gasteiger partial charge in [0.2, 0.25) is 0 Å². The van der Waals surface area contributed by atoms with E-state index in [2.05, 4.69) is 17.2 Å². The Hall–Kier alpha value is -1.94. The van der Waals surface area contributed by atoms with E-state index in [1.54, 1.807) is 12.3 Å². The summed E-state index contributed by atoms with van der Waals surface area (Å²) in [5.41, 5.74) is 2.43. The third-order valence-corrected chi connectivity index (χ3v) is 3.21. The topological polar surface area (TPSA) is 34.1 Å². The maximum absolute atomic E-state index is 13.8. The van der Waals surface area contributed by atoms with Crippen molar-refractivity contribution in [3.63, 3.8) is 0 Å². The Morgan fingerprint density at radius 3 is 2.90 bits per heavy atom. The second kappa shape index (κ2) is 7.74. The summed E-state index contributed by atoms with van der Waals surface area (Å²) in [7, 11) is 0. The molecule has 0 atom stereocenters. The summed E-state index contributed by atoms with van der Waals surface area (Å²) in [5, 5.41) is 3.31. The van der Waals surface area contributed by atoms with Gasteiger partial charge >= 0.3 is 0 Å². The normalized spacial score (nSPS) is 10.6. The van der Waals surface area contributed by atoms with Gasteiger partial charge < -0.3 is 10.1 Å². The van der Waals surface area contributed by atoms with Gasteiger partial charge in [-0.2, -0.15) is 0 Å². The molecule has 21 heavy (non-hydrogen) atoms. The molecule has 1 aromatic heterocycles. The number of hydrogen-bond donors (Lipinski definition) is 1.